The van der Waals surface area contributed by atoms with Crippen LogP contribution in [-0.2, 0) is 10.3 Å². The fourth-order valence-corrected chi connectivity index (χ4v) is 2.29. The van der Waals surface area contributed by atoms with Crippen LogP contribution in [0.25, 0.3) is 0 Å². The maximum absolute atomic E-state index is 5.21. The van der Waals surface area contributed by atoms with E-state index in [2.05, 4.69) is 24.1 Å². The number of thiazole rings is 1. The Kier molecular flexibility index (Phi) is 3.64. The van der Waals surface area contributed by atoms with Gasteiger partial charge < -0.3 is 10.1 Å². The molecule has 1 N–H and O–H groups in total. The number of rotatable bonds is 4. The zero-order valence-electron chi connectivity index (χ0n) is 9.47. The second-order valence-electron chi connectivity index (χ2n) is 3.68. The number of methoxy groups -OCH3 is 1. The molecule has 1 rings (SSSR count). The lowest BCUT2D eigenvalue weighted by Gasteiger charge is -2.25. The monoisotopic (exact) mass is 214 g/mol. The topological polar surface area (TPSA) is 34.1 Å². The van der Waals surface area contributed by atoms with E-state index in [-0.39, 0.29) is 5.54 Å². The second-order valence-corrected chi connectivity index (χ2v) is 4.88. The highest BCUT2D eigenvalue weighted by molar-refractivity contribution is 7.11. The predicted octanol–water partition coefficient (Wildman–Crippen LogP) is 1.84. The molecule has 0 aromatic carbocycles. The number of aryl methyl sites for hydroxylation is 2. The maximum atomic E-state index is 5.21. The Bertz CT molecular complexity index is 292. The van der Waals surface area contributed by atoms with E-state index < -0.39 is 0 Å². The van der Waals surface area contributed by atoms with Crippen LogP contribution < -0.4 is 5.32 Å². The summed E-state index contributed by atoms with van der Waals surface area (Å²) in [4.78, 5) is 5.82. The van der Waals surface area contributed by atoms with E-state index in [4.69, 9.17) is 4.74 Å². The summed E-state index contributed by atoms with van der Waals surface area (Å²) < 4.78 is 5.21. The minimum Gasteiger partial charge on any atom is -0.382 e. The van der Waals surface area contributed by atoms with Crippen molar-refractivity contribution in [1.82, 2.24) is 10.3 Å². The van der Waals surface area contributed by atoms with Gasteiger partial charge in [-0.3, -0.25) is 0 Å². The van der Waals surface area contributed by atoms with Crippen molar-refractivity contribution in [2.75, 3.05) is 20.8 Å². The Hall–Kier alpha value is -0.450. The van der Waals surface area contributed by atoms with E-state index in [0.717, 1.165) is 10.7 Å². The molecule has 0 radical (unpaired) electrons. The van der Waals surface area contributed by atoms with E-state index in [1.807, 2.05) is 14.0 Å². The van der Waals surface area contributed by atoms with Crippen molar-refractivity contribution >= 4 is 11.3 Å². The van der Waals surface area contributed by atoms with Crippen LogP contribution in [0.4, 0.5) is 0 Å². The Morgan fingerprint density at radius 2 is 2.14 bits per heavy atom. The van der Waals surface area contributed by atoms with Crippen LogP contribution in [0.15, 0.2) is 0 Å². The van der Waals surface area contributed by atoms with Gasteiger partial charge in [0.1, 0.15) is 5.01 Å². The van der Waals surface area contributed by atoms with Crippen LogP contribution in [0, 0.1) is 13.8 Å². The normalized spacial score (nSPS) is 15.5. The molecule has 1 atom stereocenters. The Balaban J connectivity index is 2.99. The molecule has 0 saturated heterocycles. The van der Waals surface area contributed by atoms with Gasteiger partial charge in [-0.25, -0.2) is 4.98 Å². The molecule has 14 heavy (non-hydrogen) atoms. The van der Waals surface area contributed by atoms with Gasteiger partial charge in [-0.1, -0.05) is 0 Å². The van der Waals surface area contributed by atoms with Gasteiger partial charge in [0.05, 0.1) is 17.8 Å². The van der Waals surface area contributed by atoms with E-state index in [1.54, 1.807) is 18.4 Å². The average Bonchev–Trinajstić information content (AvgIpc) is 2.48. The maximum Gasteiger partial charge on any atom is 0.115 e. The van der Waals surface area contributed by atoms with Gasteiger partial charge in [0.15, 0.2) is 0 Å². The molecule has 1 unspecified atom stereocenters. The van der Waals surface area contributed by atoms with Crippen molar-refractivity contribution in [3.63, 3.8) is 0 Å². The van der Waals surface area contributed by atoms with Crippen molar-refractivity contribution in [2.24, 2.45) is 0 Å². The summed E-state index contributed by atoms with van der Waals surface area (Å²) in [5, 5.41) is 4.35. The molecule has 0 aliphatic carbocycles. The first-order chi connectivity index (χ1) is 6.53. The van der Waals surface area contributed by atoms with Crippen LogP contribution in [0.5, 0.6) is 0 Å². The standard InChI is InChI=1S/C10H18N2OS/c1-7-8(2)14-9(12-7)10(3,11-4)6-13-5/h11H,6H2,1-5H3. The molecule has 0 bridgehead atoms. The minimum atomic E-state index is -0.168. The van der Waals surface area contributed by atoms with Crippen LogP contribution in [0.2, 0.25) is 0 Å². The fourth-order valence-electron chi connectivity index (χ4n) is 1.24. The van der Waals surface area contributed by atoms with Gasteiger partial charge in [-0.15, -0.1) is 11.3 Å². The molecule has 0 saturated carbocycles. The lowest BCUT2D eigenvalue weighted by molar-refractivity contribution is 0.123. The van der Waals surface area contributed by atoms with Crippen molar-refractivity contribution < 1.29 is 4.74 Å². The van der Waals surface area contributed by atoms with Crippen LogP contribution in [0.1, 0.15) is 22.5 Å². The summed E-state index contributed by atoms with van der Waals surface area (Å²) in [7, 11) is 3.65. The van der Waals surface area contributed by atoms with Gasteiger partial charge in [-0.05, 0) is 27.8 Å². The molecule has 3 nitrogen and oxygen atoms in total. The quantitative estimate of drug-likeness (QED) is 0.830. The third kappa shape index (κ3) is 2.13. The molecule has 80 valence electrons. The van der Waals surface area contributed by atoms with E-state index in [0.29, 0.717) is 6.61 Å². The van der Waals surface area contributed by atoms with Crippen LogP contribution >= 0.6 is 11.3 Å². The van der Waals surface area contributed by atoms with Gasteiger partial charge in [0.25, 0.3) is 0 Å². The molecule has 1 aromatic heterocycles. The number of ether oxygens (including phenoxy) is 1. The summed E-state index contributed by atoms with van der Waals surface area (Å²) in [6.45, 7) is 6.88. The molecule has 1 heterocycles. The Morgan fingerprint density at radius 1 is 1.50 bits per heavy atom. The molecule has 1 aromatic rings. The second kappa shape index (κ2) is 4.38. The first-order valence-corrected chi connectivity index (χ1v) is 5.47. The summed E-state index contributed by atoms with van der Waals surface area (Å²) in [6.07, 6.45) is 0. The number of nitrogens with zero attached hydrogens (tertiary/aromatic N) is 1. The molecule has 0 spiro atoms. The Labute approximate surface area is 89.5 Å². The lowest BCUT2D eigenvalue weighted by Crippen LogP contribution is -2.41. The number of hydrogen-bond acceptors (Lipinski definition) is 4. The van der Waals surface area contributed by atoms with Gasteiger partial charge in [-0.2, -0.15) is 0 Å². The van der Waals surface area contributed by atoms with Gasteiger partial charge in [0, 0.05) is 12.0 Å². The van der Waals surface area contributed by atoms with E-state index >= 15 is 0 Å². The highest BCUT2D eigenvalue weighted by Crippen LogP contribution is 2.27. The number of likely N-dealkylation sites (N-methyl/N-ethyl adjacent to an activating group) is 1. The SMILES string of the molecule is CNC(C)(COC)c1nc(C)c(C)s1. The zero-order chi connectivity index (χ0) is 10.8. The summed E-state index contributed by atoms with van der Waals surface area (Å²) in [5.74, 6) is 0. The van der Waals surface area contributed by atoms with Crippen molar-refractivity contribution in [3.8, 4) is 0 Å². The van der Waals surface area contributed by atoms with E-state index in [9.17, 15) is 0 Å². The predicted molar refractivity (Wildman–Crippen MR) is 59.9 cm³/mol. The molecular formula is C10H18N2OS. The average molecular weight is 214 g/mol. The summed E-state index contributed by atoms with van der Waals surface area (Å²) >= 11 is 1.73. The minimum absolute atomic E-state index is 0.168. The van der Waals surface area contributed by atoms with Gasteiger partial charge in [0.2, 0.25) is 0 Å². The van der Waals surface area contributed by atoms with E-state index in [1.165, 1.54) is 4.88 Å². The number of nitrogens with one attached hydrogen (secondary N) is 1. The molecule has 0 amide bonds. The highest BCUT2D eigenvalue weighted by atomic mass is 32.1. The summed E-state index contributed by atoms with van der Waals surface area (Å²) in [6, 6.07) is 0. The van der Waals surface area contributed by atoms with Crippen molar-refractivity contribution in [3.05, 3.63) is 15.6 Å². The third-order valence-electron chi connectivity index (χ3n) is 2.49. The number of aromatic nitrogens is 1. The smallest absolute Gasteiger partial charge is 0.115 e. The first-order valence-electron chi connectivity index (χ1n) is 4.66. The molecule has 0 aliphatic heterocycles. The van der Waals surface area contributed by atoms with Crippen LogP contribution in [-0.4, -0.2) is 25.7 Å². The first kappa shape index (κ1) is 11.6. The molecule has 4 heteroatoms. The largest absolute Gasteiger partial charge is 0.382 e. The fraction of sp³-hybridized carbons (Fsp3) is 0.700. The lowest BCUT2D eigenvalue weighted by atomic mass is 10.1. The number of hydrogen-bond donors (Lipinski definition) is 1. The van der Waals surface area contributed by atoms with Crippen molar-refractivity contribution in [1.29, 1.82) is 0 Å². The summed E-state index contributed by atoms with van der Waals surface area (Å²) in [5.41, 5.74) is 0.945. The Morgan fingerprint density at radius 3 is 2.50 bits per heavy atom. The highest BCUT2D eigenvalue weighted by Gasteiger charge is 2.28. The van der Waals surface area contributed by atoms with Crippen LogP contribution in [0.3, 0.4) is 0 Å². The van der Waals surface area contributed by atoms with Gasteiger partial charge >= 0.3 is 0 Å². The molecular weight excluding hydrogens is 196 g/mol. The molecule has 0 aliphatic rings. The third-order valence-corrected chi connectivity index (χ3v) is 3.82. The molecule has 0 fully saturated rings. The zero-order valence-corrected chi connectivity index (χ0v) is 10.3. The van der Waals surface area contributed by atoms with Crippen molar-refractivity contribution in [2.45, 2.75) is 26.3 Å².